The second-order valence-corrected chi connectivity index (χ2v) is 5.61. The third-order valence-corrected chi connectivity index (χ3v) is 3.99. The Hall–Kier alpha value is -1.81. The third-order valence-electron chi connectivity index (χ3n) is 3.72. The number of anilines is 1. The standard InChI is InChI=1S/C16H18ClN3O/c17-9-1-4-16(21)19-13-7-5-12(6-8-13)14-11-18-15-3-2-10-20(14)15/h5-8,11H,1-4,9-10H2,(H,19,21). The molecule has 0 spiro atoms. The lowest BCUT2D eigenvalue weighted by molar-refractivity contribution is -0.116. The summed E-state index contributed by atoms with van der Waals surface area (Å²) < 4.78 is 2.27. The molecule has 1 amide bonds. The topological polar surface area (TPSA) is 46.9 Å². The molecule has 0 unspecified atom stereocenters. The number of hydrogen-bond acceptors (Lipinski definition) is 2. The maximum atomic E-state index is 11.7. The van der Waals surface area contributed by atoms with Gasteiger partial charge >= 0.3 is 0 Å². The van der Waals surface area contributed by atoms with E-state index in [9.17, 15) is 4.79 Å². The first-order valence-corrected chi connectivity index (χ1v) is 7.82. The number of rotatable bonds is 5. The first kappa shape index (κ1) is 14.1. The summed E-state index contributed by atoms with van der Waals surface area (Å²) in [6, 6.07) is 7.92. The SMILES string of the molecule is O=C(CCCCl)Nc1ccc(-c2cnc3n2CCC3)cc1. The maximum Gasteiger partial charge on any atom is 0.224 e. The number of fused-ring (bicyclic) bond motifs is 1. The average molecular weight is 304 g/mol. The number of aryl methyl sites for hydroxylation is 1. The minimum Gasteiger partial charge on any atom is -0.328 e. The van der Waals surface area contributed by atoms with Crippen molar-refractivity contribution < 1.29 is 4.79 Å². The molecule has 1 aromatic carbocycles. The van der Waals surface area contributed by atoms with Crippen LogP contribution < -0.4 is 5.32 Å². The first-order chi connectivity index (χ1) is 10.3. The van der Waals surface area contributed by atoms with Gasteiger partial charge in [0.05, 0.1) is 11.9 Å². The van der Waals surface area contributed by atoms with E-state index in [0.29, 0.717) is 18.7 Å². The lowest BCUT2D eigenvalue weighted by Gasteiger charge is -2.08. The molecule has 4 nitrogen and oxygen atoms in total. The second kappa shape index (κ2) is 6.31. The highest BCUT2D eigenvalue weighted by atomic mass is 35.5. The van der Waals surface area contributed by atoms with Crippen molar-refractivity contribution in [2.24, 2.45) is 0 Å². The van der Waals surface area contributed by atoms with Gasteiger partial charge in [0.15, 0.2) is 0 Å². The second-order valence-electron chi connectivity index (χ2n) is 5.23. The van der Waals surface area contributed by atoms with E-state index < -0.39 is 0 Å². The fourth-order valence-electron chi connectivity index (χ4n) is 2.66. The Morgan fingerprint density at radius 3 is 2.90 bits per heavy atom. The van der Waals surface area contributed by atoms with Crippen molar-refractivity contribution in [3.63, 3.8) is 0 Å². The molecule has 1 aliphatic rings. The van der Waals surface area contributed by atoms with Gasteiger partial charge in [-0.3, -0.25) is 4.79 Å². The molecule has 0 saturated heterocycles. The molecule has 1 aromatic heterocycles. The molecule has 0 radical (unpaired) electrons. The van der Waals surface area contributed by atoms with Crippen LogP contribution >= 0.6 is 11.6 Å². The number of carbonyl (C=O) groups is 1. The van der Waals surface area contributed by atoms with E-state index >= 15 is 0 Å². The van der Waals surface area contributed by atoms with Crippen LogP contribution in [0.5, 0.6) is 0 Å². The van der Waals surface area contributed by atoms with Gasteiger partial charge in [-0.15, -0.1) is 11.6 Å². The Kier molecular flexibility index (Phi) is 4.25. The number of hydrogen-bond donors (Lipinski definition) is 1. The molecule has 0 aliphatic carbocycles. The molecule has 0 fully saturated rings. The van der Waals surface area contributed by atoms with E-state index in [2.05, 4.69) is 14.9 Å². The van der Waals surface area contributed by atoms with Gasteiger partial charge < -0.3 is 9.88 Å². The Bertz CT molecular complexity index is 633. The van der Waals surface area contributed by atoms with Crippen LogP contribution in [-0.4, -0.2) is 21.3 Å². The molecule has 2 aromatic rings. The van der Waals surface area contributed by atoms with Gasteiger partial charge in [0.25, 0.3) is 0 Å². The molecule has 3 rings (SSSR count). The molecule has 1 N–H and O–H groups in total. The van der Waals surface area contributed by atoms with Crippen LogP contribution in [0, 0.1) is 0 Å². The van der Waals surface area contributed by atoms with E-state index in [-0.39, 0.29) is 5.91 Å². The molecule has 110 valence electrons. The molecule has 2 heterocycles. The zero-order chi connectivity index (χ0) is 14.7. The van der Waals surface area contributed by atoms with Crippen molar-refractivity contribution in [2.45, 2.75) is 32.2 Å². The largest absolute Gasteiger partial charge is 0.328 e. The zero-order valence-electron chi connectivity index (χ0n) is 11.8. The number of imidazole rings is 1. The van der Waals surface area contributed by atoms with Gasteiger partial charge in [-0.05, 0) is 30.5 Å². The van der Waals surface area contributed by atoms with Gasteiger partial charge in [0, 0.05) is 31.0 Å². The van der Waals surface area contributed by atoms with E-state index in [1.54, 1.807) is 0 Å². The van der Waals surface area contributed by atoms with Gasteiger partial charge in [-0.1, -0.05) is 12.1 Å². The van der Waals surface area contributed by atoms with Crippen LogP contribution in [0.25, 0.3) is 11.3 Å². The lowest BCUT2D eigenvalue weighted by Crippen LogP contribution is -2.11. The predicted molar refractivity (Wildman–Crippen MR) is 84.6 cm³/mol. The van der Waals surface area contributed by atoms with Gasteiger partial charge in [-0.2, -0.15) is 0 Å². The van der Waals surface area contributed by atoms with E-state index in [1.165, 1.54) is 12.2 Å². The van der Waals surface area contributed by atoms with Crippen molar-refractivity contribution in [1.29, 1.82) is 0 Å². The molecule has 5 heteroatoms. The summed E-state index contributed by atoms with van der Waals surface area (Å²) in [7, 11) is 0. The summed E-state index contributed by atoms with van der Waals surface area (Å²) >= 11 is 5.58. The first-order valence-electron chi connectivity index (χ1n) is 7.28. The van der Waals surface area contributed by atoms with Crippen LogP contribution in [-0.2, 0) is 17.8 Å². The summed E-state index contributed by atoms with van der Waals surface area (Å²) in [6.45, 7) is 1.04. The molecule has 0 saturated carbocycles. The van der Waals surface area contributed by atoms with Crippen molar-refractivity contribution in [3.05, 3.63) is 36.3 Å². The Labute approximate surface area is 129 Å². The lowest BCUT2D eigenvalue weighted by atomic mass is 10.1. The number of alkyl halides is 1. The average Bonchev–Trinajstić information content (AvgIpc) is 3.09. The normalized spacial score (nSPS) is 13.2. The molecular weight excluding hydrogens is 286 g/mol. The highest BCUT2D eigenvalue weighted by Gasteiger charge is 2.16. The van der Waals surface area contributed by atoms with Crippen molar-refractivity contribution in [1.82, 2.24) is 9.55 Å². The van der Waals surface area contributed by atoms with Crippen molar-refractivity contribution >= 4 is 23.2 Å². The van der Waals surface area contributed by atoms with Crippen LogP contribution in [0.3, 0.4) is 0 Å². The smallest absolute Gasteiger partial charge is 0.224 e. The Morgan fingerprint density at radius 2 is 2.14 bits per heavy atom. The molecule has 0 atom stereocenters. The fourth-order valence-corrected chi connectivity index (χ4v) is 2.80. The van der Waals surface area contributed by atoms with E-state index in [4.69, 9.17) is 11.6 Å². The van der Waals surface area contributed by atoms with Crippen molar-refractivity contribution in [3.8, 4) is 11.3 Å². The maximum absolute atomic E-state index is 11.7. The van der Waals surface area contributed by atoms with Gasteiger partial charge in [-0.25, -0.2) is 4.98 Å². The minimum absolute atomic E-state index is 0.00800. The summed E-state index contributed by atoms with van der Waals surface area (Å²) in [5.41, 5.74) is 3.11. The van der Waals surface area contributed by atoms with Crippen LogP contribution in [0.4, 0.5) is 5.69 Å². The van der Waals surface area contributed by atoms with Gasteiger partial charge in [0.1, 0.15) is 5.82 Å². The van der Waals surface area contributed by atoms with Gasteiger partial charge in [0.2, 0.25) is 5.91 Å². The molecule has 0 bridgehead atoms. The molecule has 21 heavy (non-hydrogen) atoms. The minimum atomic E-state index is 0.00800. The number of aromatic nitrogens is 2. The number of nitrogens with one attached hydrogen (secondary N) is 1. The fraction of sp³-hybridized carbons (Fsp3) is 0.375. The number of amides is 1. The number of carbonyl (C=O) groups excluding carboxylic acids is 1. The highest BCUT2D eigenvalue weighted by Crippen LogP contribution is 2.26. The van der Waals surface area contributed by atoms with E-state index in [1.807, 2.05) is 30.5 Å². The zero-order valence-corrected chi connectivity index (χ0v) is 12.6. The number of halogens is 1. The summed E-state index contributed by atoms with van der Waals surface area (Å²) in [5, 5.41) is 2.88. The summed E-state index contributed by atoms with van der Waals surface area (Å²) in [5.74, 6) is 1.69. The summed E-state index contributed by atoms with van der Waals surface area (Å²) in [6.07, 6.45) is 5.33. The molecular formula is C16H18ClN3O. The third kappa shape index (κ3) is 3.10. The van der Waals surface area contributed by atoms with Crippen LogP contribution in [0.15, 0.2) is 30.5 Å². The predicted octanol–water partition coefficient (Wildman–Crippen LogP) is 3.45. The monoisotopic (exact) mass is 303 g/mol. The highest BCUT2D eigenvalue weighted by molar-refractivity contribution is 6.18. The Balaban J connectivity index is 1.70. The van der Waals surface area contributed by atoms with Crippen LogP contribution in [0.2, 0.25) is 0 Å². The number of nitrogens with zero attached hydrogens (tertiary/aromatic N) is 2. The Morgan fingerprint density at radius 1 is 1.33 bits per heavy atom. The number of benzene rings is 1. The van der Waals surface area contributed by atoms with Crippen LogP contribution in [0.1, 0.15) is 25.1 Å². The summed E-state index contributed by atoms with van der Waals surface area (Å²) in [4.78, 5) is 16.1. The molecule has 1 aliphatic heterocycles. The van der Waals surface area contributed by atoms with E-state index in [0.717, 1.165) is 29.9 Å². The van der Waals surface area contributed by atoms with Crippen molar-refractivity contribution in [2.75, 3.05) is 11.2 Å². The quantitative estimate of drug-likeness (QED) is 0.860.